The molecule has 0 fully saturated rings. The largest absolute Gasteiger partial charge is 0.490 e. The fraction of sp³-hybridized carbons (Fsp3) is 0.375. The smallest absolute Gasteiger partial charge is 0.336 e. The van der Waals surface area contributed by atoms with E-state index in [1.807, 2.05) is 38.1 Å². The predicted molar refractivity (Wildman–Crippen MR) is 148 cm³/mol. The molecular formula is C32H37FO5. The summed E-state index contributed by atoms with van der Waals surface area (Å²) in [5.74, 6) is -1.77. The summed E-state index contributed by atoms with van der Waals surface area (Å²) in [6.07, 6.45) is 7.27. The van der Waals surface area contributed by atoms with Gasteiger partial charge in [0.15, 0.2) is 11.6 Å². The highest BCUT2D eigenvalue weighted by Gasteiger charge is 2.20. The molecule has 1 N–H and O–H groups in total. The van der Waals surface area contributed by atoms with Crippen molar-refractivity contribution in [3.8, 4) is 33.8 Å². The topological polar surface area (TPSA) is 72.8 Å². The Labute approximate surface area is 224 Å². The van der Waals surface area contributed by atoms with Gasteiger partial charge in [-0.25, -0.2) is 9.18 Å². The first-order valence-electron chi connectivity index (χ1n) is 13.5. The molecule has 0 aromatic heterocycles. The number of carbonyl (C=O) groups excluding carboxylic acids is 1. The average molecular weight is 521 g/mol. The molecule has 0 spiro atoms. The molecule has 0 unspecified atom stereocenters. The second-order valence-electron chi connectivity index (χ2n) is 9.55. The first-order chi connectivity index (χ1) is 18.3. The van der Waals surface area contributed by atoms with Crippen molar-refractivity contribution in [2.75, 3.05) is 6.61 Å². The number of halogens is 1. The SMILES string of the molecule is CCCCCCCCOc1ccc(C(=O)O)c(-c2ccc(-c3ccc(OC(=O)[C@@H](C)CC)cc3)cc2)c1F. The molecule has 0 amide bonds. The maximum atomic E-state index is 15.5. The summed E-state index contributed by atoms with van der Waals surface area (Å²) in [6.45, 7) is 6.32. The molecule has 3 aromatic carbocycles. The van der Waals surface area contributed by atoms with Crippen LogP contribution in [0.2, 0.25) is 0 Å². The lowest BCUT2D eigenvalue weighted by Gasteiger charge is -2.14. The standard InChI is InChI=1S/C32H37FO5/c1-4-6-7-8-9-10-21-37-28-20-19-27(31(34)35)29(30(28)33)25-13-11-23(12-14-25)24-15-17-26(18-16-24)38-32(36)22(3)5-2/h11-20,22H,4-10,21H2,1-3H3,(H,34,35)/t22-/m0/s1. The Kier molecular flexibility index (Phi) is 10.9. The van der Waals surface area contributed by atoms with Gasteiger partial charge in [-0.15, -0.1) is 0 Å². The number of aromatic carboxylic acids is 1. The third-order valence-electron chi connectivity index (χ3n) is 6.69. The molecule has 202 valence electrons. The van der Waals surface area contributed by atoms with Gasteiger partial charge >= 0.3 is 11.9 Å². The molecule has 0 bridgehead atoms. The Morgan fingerprint density at radius 2 is 1.39 bits per heavy atom. The number of esters is 1. The zero-order valence-corrected chi connectivity index (χ0v) is 22.5. The lowest BCUT2D eigenvalue weighted by molar-refractivity contribution is -0.138. The van der Waals surface area contributed by atoms with E-state index >= 15 is 4.39 Å². The van der Waals surface area contributed by atoms with Gasteiger partial charge in [0.05, 0.1) is 18.1 Å². The second kappa shape index (κ2) is 14.3. The summed E-state index contributed by atoms with van der Waals surface area (Å²) in [7, 11) is 0. The van der Waals surface area contributed by atoms with Crippen LogP contribution in [0.1, 0.15) is 76.1 Å². The van der Waals surface area contributed by atoms with Crippen LogP contribution in [0, 0.1) is 11.7 Å². The number of carboxylic acid groups (broad SMARTS) is 1. The Morgan fingerprint density at radius 3 is 2.00 bits per heavy atom. The van der Waals surface area contributed by atoms with Crippen LogP contribution in [0.15, 0.2) is 60.7 Å². The third-order valence-corrected chi connectivity index (χ3v) is 6.69. The molecule has 0 heterocycles. The fourth-order valence-corrected chi connectivity index (χ4v) is 4.12. The van der Waals surface area contributed by atoms with Gasteiger partial charge in [-0.05, 0) is 53.8 Å². The Bertz CT molecular complexity index is 1200. The van der Waals surface area contributed by atoms with Crippen molar-refractivity contribution in [2.45, 2.75) is 65.7 Å². The van der Waals surface area contributed by atoms with Crippen molar-refractivity contribution in [2.24, 2.45) is 5.92 Å². The first-order valence-corrected chi connectivity index (χ1v) is 13.5. The van der Waals surface area contributed by atoms with E-state index in [1.165, 1.54) is 31.4 Å². The van der Waals surface area contributed by atoms with Crippen LogP contribution in [0.3, 0.4) is 0 Å². The minimum atomic E-state index is -1.20. The summed E-state index contributed by atoms with van der Waals surface area (Å²) < 4.78 is 26.6. The van der Waals surface area contributed by atoms with E-state index in [0.29, 0.717) is 24.3 Å². The lowest BCUT2D eigenvalue weighted by Crippen LogP contribution is -2.16. The van der Waals surface area contributed by atoms with Crippen LogP contribution in [-0.4, -0.2) is 23.7 Å². The molecule has 5 nitrogen and oxygen atoms in total. The van der Waals surface area contributed by atoms with E-state index in [9.17, 15) is 14.7 Å². The summed E-state index contributed by atoms with van der Waals surface area (Å²) in [5, 5.41) is 9.69. The van der Waals surface area contributed by atoms with E-state index in [4.69, 9.17) is 9.47 Å². The summed E-state index contributed by atoms with van der Waals surface area (Å²) in [4.78, 5) is 23.9. The molecule has 6 heteroatoms. The summed E-state index contributed by atoms with van der Waals surface area (Å²) in [6, 6.07) is 17.0. The number of carbonyl (C=O) groups is 2. The van der Waals surface area contributed by atoms with Crippen molar-refractivity contribution in [1.29, 1.82) is 0 Å². The Hall–Kier alpha value is -3.67. The van der Waals surface area contributed by atoms with Crippen LogP contribution in [0.4, 0.5) is 4.39 Å². The van der Waals surface area contributed by atoms with Crippen molar-refractivity contribution >= 4 is 11.9 Å². The highest BCUT2D eigenvalue weighted by Crippen LogP contribution is 2.34. The molecule has 3 aromatic rings. The van der Waals surface area contributed by atoms with Gasteiger partial charge in [-0.1, -0.05) is 89.3 Å². The number of ether oxygens (including phenoxy) is 2. The monoisotopic (exact) mass is 520 g/mol. The normalized spacial score (nSPS) is 11.7. The van der Waals surface area contributed by atoms with Gasteiger partial charge < -0.3 is 14.6 Å². The van der Waals surface area contributed by atoms with E-state index in [0.717, 1.165) is 30.4 Å². The van der Waals surface area contributed by atoms with Gasteiger partial charge in [0, 0.05) is 5.56 Å². The third kappa shape index (κ3) is 7.67. The molecule has 0 saturated carbocycles. The van der Waals surface area contributed by atoms with E-state index in [-0.39, 0.29) is 28.8 Å². The van der Waals surface area contributed by atoms with Crippen molar-refractivity contribution in [1.82, 2.24) is 0 Å². The first kappa shape index (κ1) is 28.9. The second-order valence-corrected chi connectivity index (χ2v) is 9.55. The molecule has 0 radical (unpaired) electrons. The van der Waals surface area contributed by atoms with Gasteiger partial charge in [-0.2, -0.15) is 0 Å². The minimum Gasteiger partial charge on any atom is -0.490 e. The zero-order chi connectivity index (χ0) is 27.5. The van der Waals surface area contributed by atoms with Gasteiger partial charge in [0.1, 0.15) is 5.75 Å². The van der Waals surface area contributed by atoms with Gasteiger partial charge in [-0.3, -0.25) is 4.79 Å². The fourth-order valence-electron chi connectivity index (χ4n) is 4.12. The molecule has 0 aliphatic carbocycles. The molecule has 3 rings (SSSR count). The minimum absolute atomic E-state index is 0.0109. The quantitative estimate of drug-likeness (QED) is 0.131. The molecule has 38 heavy (non-hydrogen) atoms. The number of carboxylic acids is 1. The maximum Gasteiger partial charge on any atom is 0.336 e. The van der Waals surface area contributed by atoms with Crippen LogP contribution >= 0.6 is 0 Å². The molecule has 1 atom stereocenters. The highest BCUT2D eigenvalue weighted by molar-refractivity contribution is 5.97. The zero-order valence-electron chi connectivity index (χ0n) is 22.5. The molecular weight excluding hydrogens is 483 g/mol. The van der Waals surface area contributed by atoms with Crippen LogP contribution in [0.5, 0.6) is 11.5 Å². The number of benzene rings is 3. The number of unbranched alkanes of at least 4 members (excludes halogenated alkanes) is 5. The number of rotatable bonds is 14. The molecule has 0 aliphatic heterocycles. The van der Waals surface area contributed by atoms with Crippen molar-refractivity contribution in [3.63, 3.8) is 0 Å². The Balaban J connectivity index is 1.74. The Morgan fingerprint density at radius 1 is 0.816 bits per heavy atom. The van der Waals surface area contributed by atoms with Gasteiger partial charge in [0.25, 0.3) is 0 Å². The van der Waals surface area contributed by atoms with E-state index < -0.39 is 11.8 Å². The lowest BCUT2D eigenvalue weighted by atomic mass is 9.96. The van der Waals surface area contributed by atoms with E-state index in [1.54, 1.807) is 24.3 Å². The van der Waals surface area contributed by atoms with E-state index in [2.05, 4.69) is 6.92 Å². The number of hydrogen-bond acceptors (Lipinski definition) is 4. The van der Waals surface area contributed by atoms with Crippen molar-refractivity contribution in [3.05, 3.63) is 72.0 Å². The highest BCUT2D eigenvalue weighted by atomic mass is 19.1. The average Bonchev–Trinajstić information content (AvgIpc) is 2.93. The van der Waals surface area contributed by atoms with Crippen molar-refractivity contribution < 1.29 is 28.6 Å². The van der Waals surface area contributed by atoms with Crippen LogP contribution < -0.4 is 9.47 Å². The van der Waals surface area contributed by atoms with Crippen LogP contribution in [0.25, 0.3) is 22.3 Å². The van der Waals surface area contributed by atoms with Gasteiger partial charge in [0.2, 0.25) is 0 Å². The van der Waals surface area contributed by atoms with Crippen LogP contribution in [-0.2, 0) is 4.79 Å². The predicted octanol–water partition coefficient (Wildman–Crippen LogP) is 8.55. The number of hydrogen-bond donors (Lipinski definition) is 1. The summed E-state index contributed by atoms with van der Waals surface area (Å²) in [5.41, 5.74) is 2.09. The molecule has 0 saturated heterocycles. The summed E-state index contributed by atoms with van der Waals surface area (Å²) >= 11 is 0. The maximum absolute atomic E-state index is 15.5. The molecule has 0 aliphatic rings.